The van der Waals surface area contributed by atoms with Crippen molar-refractivity contribution >= 4 is 5.52 Å². The number of nitrogens with zero attached hydrogens (tertiary/aromatic N) is 7. The van der Waals surface area contributed by atoms with Crippen LogP contribution in [0.25, 0.3) is 28.0 Å². The molecule has 168 valence electrons. The zero-order valence-electron chi connectivity index (χ0n) is 19.0. The standard InChI is InChI=1S/C23H29N7O2/c1-5-18(6-2)29-12-17(10-26-29)22-21-7-8-24-30(21)14-20(27-22)16-9-25-28(11-16)13-19-15-31-23(3,4)32-19/h7-12,14,18-19H,5-6,13,15H2,1-4H3. The van der Waals surface area contributed by atoms with E-state index in [0.717, 1.165) is 40.9 Å². The smallest absolute Gasteiger partial charge is 0.163 e. The van der Waals surface area contributed by atoms with Gasteiger partial charge in [0.25, 0.3) is 0 Å². The van der Waals surface area contributed by atoms with Gasteiger partial charge in [0.15, 0.2) is 5.79 Å². The first kappa shape index (κ1) is 20.8. The van der Waals surface area contributed by atoms with Gasteiger partial charge < -0.3 is 9.47 Å². The lowest BCUT2D eigenvalue weighted by Gasteiger charge is -2.16. The van der Waals surface area contributed by atoms with E-state index in [2.05, 4.69) is 35.3 Å². The quantitative estimate of drug-likeness (QED) is 0.437. The molecule has 1 unspecified atom stereocenters. The Hall–Kier alpha value is -3.04. The summed E-state index contributed by atoms with van der Waals surface area (Å²) in [6.45, 7) is 9.41. The third-order valence-electron chi connectivity index (χ3n) is 5.97. The van der Waals surface area contributed by atoms with Crippen molar-refractivity contribution in [1.29, 1.82) is 0 Å². The van der Waals surface area contributed by atoms with Gasteiger partial charge >= 0.3 is 0 Å². The number of ether oxygens (including phenoxy) is 2. The zero-order valence-corrected chi connectivity index (χ0v) is 19.0. The highest BCUT2D eigenvalue weighted by atomic mass is 16.7. The van der Waals surface area contributed by atoms with E-state index in [1.54, 1.807) is 6.20 Å². The van der Waals surface area contributed by atoms with Gasteiger partial charge in [-0.2, -0.15) is 15.3 Å². The second-order valence-electron chi connectivity index (χ2n) is 8.72. The minimum Gasteiger partial charge on any atom is -0.348 e. The highest BCUT2D eigenvalue weighted by Crippen LogP contribution is 2.28. The zero-order chi connectivity index (χ0) is 22.3. The molecule has 1 aliphatic heterocycles. The Labute approximate surface area is 187 Å². The predicted molar refractivity (Wildman–Crippen MR) is 120 cm³/mol. The summed E-state index contributed by atoms with van der Waals surface area (Å²) in [5.41, 5.74) is 4.52. The van der Waals surface area contributed by atoms with E-state index in [0.29, 0.717) is 19.2 Å². The number of fused-ring (bicyclic) bond motifs is 1. The summed E-state index contributed by atoms with van der Waals surface area (Å²) in [4.78, 5) is 4.98. The molecule has 0 radical (unpaired) electrons. The van der Waals surface area contributed by atoms with E-state index >= 15 is 0 Å². The first-order chi connectivity index (χ1) is 15.5. The average Bonchev–Trinajstić information content (AvgIpc) is 3.55. The Morgan fingerprint density at radius 1 is 1.06 bits per heavy atom. The monoisotopic (exact) mass is 435 g/mol. The van der Waals surface area contributed by atoms with Gasteiger partial charge in [0.1, 0.15) is 6.10 Å². The van der Waals surface area contributed by atoms with Crippen molar-refractivity contribution in [3.8, 4) is 22.5 Å². The molecule has 0 spiro atoms. The van der Waals surface area contributed by atoms with Crippen molar-refractivity contribution < 1.29 is 9.47 Å². The molecule has 9 heteroatoms. The summed E-state index contributed by atoms with van der Waals surface area (Å²) in [6.07, 6.45) is 13.6. The highest BCUT2D eigenvalue weighted by Gasteiger charge is 2.32. The first-order valence-electron chi connectivity index (χ1n) is 11.2. The molecule has 0 aromatic carbocycles. The Morgan fingerprint density at radius 2 is 1.88 bits per heavy atom. The third kappa shape index (κ3) is 3.93. The van der Waals surface area contributed by atoms with E-state index < -0.39 is 5.79 Å². The average molecular weight is 436 g/mol. The van der Waals surface area contributed by atoms with Crippen molar-refractivity contribution in [1.82, 2.24) is 34.2 Å². The molecule has 9 nitrogen and oxygen atoms in total. The van der Waals surface area contributed by atoms with Crippen LogP contribution in [0.2, 0.25) is 0 Å². The van der Waals surface area contributed by atoms with Crippen LogP contribution in [0.15, 0.2) is 43.2 Å². The van der Waals surface area contributed by atoms with E-state index in [1.165, 1.54) is 0 Å². The van der Waals surface area contributed by atoms with Crippen LogP contribution in [0.3, 0.4) is 0 Å². The van der Waals surface area contributed by atoms with Gasteiger partial charge in [-0.25, -0.2) is 9.50 Å². The van der Waals surface area contributed by atoms with Crippen LogP contribution in [0, 0.1) is 0 Å². The minimum absolute atomic E-state index is 0.0224. The second kappa shape index (κ2) is 8.14. The fraction of sp³-hybridized carbons (Fsp3) is 0.478. The van der Waals surface area contributed by atoms with Crippen molar-refractivity contribution in [3.05, 3.63) is 43.2 Å². The van der Waals surface area contributed by atoms with E-state index in [-0.39, 0.29) is 6.10 Å². The normalized spacial score (nSPS) is 18.2. The summed E-state index contributed by atoms with van der Waals surface area (Å²) < 4.78 is 17.4. The highest BCUT2D eigenvalue weighted by molar-refractivity contribution is 5.78. The maximum atomic E-state index is 5.91. The van der Waals surface area contributed by atoms with E-state index in [4.69, 9.17) is 14.5 Å². The molecule has 0 N–H and O–H groups in total. The summed E-state index contributed by atoms with van der Waals surface area (Å²) >= 11 is 0. The summed E-state index contributed by atoms with van der Waals surface area (Å²) in [6, 6.07) is 2.36. The van der Waals surface area contributed by atoms with Gasteiger partial charge in [-0.3, -0.25) is 9.36 Å². The van der Waals surface area contributed by atoms with Gasteiger partial charge in [0.2, 0.25) is 0 Å². The molecule has 4 aromatic rings. The van der Waals surface area contributed by atoms with Crippen LogP contribution in [0.4, 0.5) is 0 Å². The summed E-state index contributed by atoms with van der Waals surface area (Å²) in [5, 5.41) is 13.6. The Balaban J connectivity index is 1.46. The fourth-order valence-corrected chi connectivity index (χ4v) is 4.26. The Kier molecular flexibility index (Phi) is 5.30. The maximum absolute atomic E-state index is 5.91. The van der Waals surface area contributed by atoms with Crippen LogP contribution in [0.1, 0.15) is 46.6 Å². The van der Waals surface area contributed by atoms with Crippen molar-refractivity contribution in [3.63, 3.8) is 0 Å². The number of rotatable bonds is 7. The first-order valence-corrected chi connectivity index (χ1v) is 11.2. The summed E-state index contributed by atoms with van der Waals surface area (Å²) in [5.74, 6) is -0.540. The molecule has 0 bridgehead atoms. The van der Waals surface area contributed by atoms with E-state index in [9.17, 15) is 0 Å². The SMILES string of the molecule is CCC(CC)n1cc(-c2nc(-c3cnn(CC4COC(C)(C)O4)c3)cn3nccc23)cn1. The topological polar surface area (TPSA) is 84.3 Å². The fourth-order valence-electron chi connectivity index (χ4n) is 4.26. The Morgan fingerprint density at radius 3 is 2.62 bits per heavy atom. The van der Waals surface area contributed by atoms with Crippen molar-refractivity contribution in [2.24, 2.45) is 0 Å². The maximum Gasteiger partial charge on any atom is 0.163 e. The molecule has 1 fully saturated rings. The molecule has 0 amide bonds. The third-order valence-corrected chi connectivity index (χ3v) is 5.97. The predicted octanol–water partition coefficient (Wildman–Crippen LogP) is 3.97. The second-order valence-corrected chi connectivity index (χ2v) is 8.72. The van der Waals surface area contributed by atoms with Crippen LogP contribution >= 0.6 is 0 Å². The molecule has 1 atom stereocenters. The van der Waals surface area contributed by atoms with Gasteiger partial charge in [-0.1, -0.05) is 13.8 Å². The molecule has 1 saturated heterocycles. The van der Waals surface area contributed by atoms with Gasteiger partial charge in [-0.15, -0.1) is 0 Å². The van der Waals surface area contributed by atoms with Gasteiger partial charge in [0, 0.05) is 23.5 Å². The molecule has 5 rings (SSSR count). The Bertz CT molecular complexity index is 1220. The van der Waals surface area contributed by atoms with Crippen LogP contribution < -0.4 is 0 Å². The van der Waals surface area contributed by atoms with Crippen LogP contribution in [-0.4, -0.2) is 52.7 Å². The lowest BCUT2D eigenvalue weighted by atomic mass is 10.1. The number of aromatic nitrogens is 7. The van der Waals surface area contributed by atoms with Crippen LogP contribution in [-0.2, 0) is 16.0 Å². The molecule has 0 aliphatic carbocycles. The van der Waals surface area contributed by atoms with Crippen LogP contribution in [0.5, 0.6) is 0 Å². The number of hydrogen-bond donors (Lipinski definition) is 0. The molecule has 0 saturated carbocycles. The lowest BCUT2D eigenvalue weighted by molar-refractivity contribution is -0.139. The largest absolute Gasteiger partial charge is 0.348 e. The molecular weight excluding hydrogens is 406 g/mol. The molecule has 5 heterocycles. The van der Waals surface area contributed by atoms with Gasteiger partial charge in [-0.05, 0) is 32.8 Å². The molecule has 1 aliphatic rings. The minimum atomic E-state index is -0.540. The molecule has 32 heavy (non-hydrogen) atoms. The number of hydrogen-bond acceptors (Lipinski definition) is 6. The van der Waals surface area contributed by atoms with Crippen molar-refractivity contribution in [2.75, 3.05) is 6.61 Å². The lowest BCUT2D eigenvalue weighted by Crippen LogP contribution is -2.24. The summed E-state index contributed by atoms with van der Waals surface area (Å²) in [7, 11) is 0. The van der Waals surface area contributed by atoms with E-state index in [1.807, 2.05) is 58.6 Å². The molecule has 4 aromatic heterocycles. The van der Waals surface area contributed by atoms with Gasteiger partial charge in [0.05, 0.1) is 60.9 Å². The van der Waals surface area contributed by atoms with Crippen molar-refractivity contribution in [2.45, 2.75) is 65.0 Å². The molecular formula is C23H29N7O2.